The molecule has 0 aliphatic heterocycles. The van der Waals surface area contributed by atoms with Crippen molar-refractivity contribution in [1.82, 2.24) is 9.97 Å². The van der Waals surface area contributed by atoms with E-state index in [9.17, 15) is 9.59 Å². The van der Waals surface area contributed by atoms with Gasteiger partial charge in [-0.1, -0.05) is 0 Å². The lowest BCUT2D eigenvalue weighted by atomic mass is 9.84. The number of imidazole rings is 1. The van der Waals surface area contributed by atoms with Gasteiger partial charge in [0, 0.05) is 11.7 Å². The normalized spacial score (nSPS) is 30.9. The highest BCUT2D eigenvalue weighted by molar-refractivity contribution is 5.95. The fraction of sp³-hybridized carbons (Fsp3) is 0.467. The Bertz CT molecular complexity index is 760. The van der Waals surface area contributed by atoms with Crippen LogP contribution in [0.5, 0.6) is 0 Å². The third-order valence-electron chi connectivity index (χ3n) is 5.07. The van der Waals surface area contributed by atoms with Crippen molar-refractivity contribution in [3.8, 4) is 0 Å². The minimum Gasteiger partial charge on any atom is -0.327 e. The molecule has 0 saturated heterocycles. The van der Waals surface area contributed by atoms with E-state index in [1.54, 1.807) is 18.2 Å². The van der Waals surface area contributed by atoms with Crippen LogP contribution in [0, 0.1) is 17.8 Å². The lowest BCUT2D eigenvalue weighted by molar-refractivity contribution is -0.121. The maximum atomic E-state index is 12.5. The maximum absolute atomic E-state index is 12.5. The molecular formula is C15H18N4O2. The number of aromatic amines is 2. The number of fused-ring (bicyclic) bond motifs is 3. The van der Waals surface area contributed by atoms with Crippen molar-refractivity contribution < 1.29 is 4.79 Å². The van der Waals surface area contributed by atoms with E-state index in [1.165, 1.54) is 0 Å². The summed E-state index contributed by atoms with van der Waals surface area (Å²) in [4.78, 5) is 29.1. The van der Waals surface area contributed by atoms with Crippen LogP contribution in [0.3, 0.4) is 0 Å². The molecule has 2 bridgehead atoms. The summed E-state index contributed by atoms with van der Waals surface area (Å²) >= 11 is 0. The molecule has 6 heteroatoms. The fourth-order valence-corrected chi connectivity index (χ4v) is 4.06. The molecule has 0 radical (unpaired) electrons. The number of anilines is 1. The molecule has 2 saturated carbocycles. The number of rotatable bonds is 2. The Morgan fingerprint density at radius 3 is 2.71 bits per heavy atom. The molecule has 1 aromatic heterocycles. The number of aromatic nitrogens is 2. The van der Waals surface area contributed by atoms with Crippen LogP contribution in [0.15, 0.2) is 23.0 Å². The van der Waals surface area contributed by atoms with E-state index in [4.69, 9.17) is 5.73 Å². The second-order valence-corrected chi connectivity index (χ2v) is 6.27. The summed E-state index contributed by atoms with van der Waals surface area (Å²) in [5, 5.41) is 2.95. The molecule has 4 atom stereocenters. The fourth-order valence-electron chi connectivity index (χ4n) is 4.06. The van der Waals surface area contributed by atoms with E-state index in [0.29, 0.717) is 23.0 Å². The van der Waals surface area contributed by atoms with Gasteiger partial charge in [-0.25, -0.2) is 4.79 Å². The predicted molar refractivity (Wildman–Crippen MR) is 79.8 cm³/mol. The molecule has 0 spiro atoms. The van der Waals surface area contributed by atoms with Crippen LogP contribution in [0.2, 0.25) is 0 Å². The highest BCUT2D eigenvalue weighted by Crippen LogP contribution is 2.47. The van der Waals surface area contributed by atoms with E-state index in [1.807, 2.05) is 0 Å². The van der Waals surface area contributed by atoms with Crippen LogP contribution in [0.4, 0.5) is 5.69 Å². The molecular weight excluding hydrogens is 268 g/mol. The first kappa shape index (κ1) is 12.6. The Labute approximate surface area is 121 Å². The van der Waals surface area contributed by atoms with Crippen molar-refractivity contribution in [2.24, 2.45) is 23.5 Å². The minimum atomic E-state index is -0.247. The molecule has 2 aromatic rings. The summed E-state index contributed by atoms with van der Waals surface area (Å²) in [6.07, 6.45) is 3.36. The van der Waals surface area contributed by atoms with Crippen molar-refractivity contribution >= 4 is 22.6 Å². The third-order valence-corrected chi connectivity index (χ3v) is 5.07. The summed E-state index contributed by atoms with van der Waals surface area (Å²) in [7, 11) is 0. The molecule has 2 aliphatic carbocycles. The molecule has 2 aliphatic rings. The van der Waals surface area contributed by atoms with Gasteiger partial charge in [-0.05, 0) is 49.3 Å². The lowest BCUT2D eigenvalue weighted by Gasteiger charge is -2.27. The highest BCUT2D eigenvalue weighted by Gasteiger charge is 2.49. The topological polar surface area (TPSA) is 104 Å². The standard InChI is InChI=1S/C15H18N4O2/c16-13-8-2-1-7(5-8)12(13)14(20)17-9-3-4-10-11(6-9)19-15(21)18-10/h3-4,6-8,12-13H,1-2,5,16H2,(H,17,20)(H2,18,19,21). The highest BCUT2D eigenvalue weighted by atomic mass is 16.2. The van der Waals surface area contributed by atoms with Gasteiger partial charge in [-0.3, -0.25) is 4.79 Å². The van der Waals surface area contributed by atoms with Crippen molar-refractivity contribution in [2.75, 3.05) is 5.32 Å². The van der Waals surface area contributed by atoms with Gasteiger partial charge in [0.05, 0.1) is 17.0 Å². The van der Waals surface area contributed by atoms with Crippen LogP contribution in [0.25, 0.3) is 11.0 Å². The molecule has 1 aromatic carbocycles. The van der Waals surface area contributed by atoms with Crippen molar-refractivity contribution in [2.45, 2.75) is 25.3 Å². The first-order valence-corrected chi connectivity index (χ1v) is 7.40. The van der Waals surface area contributed by atoms with Gasteiger partial charge in [-0.15, -0.1) is 0 Å². The van der Waals surface area contributed by atoms with Crippen LogP contribution in [-0.4, -0.2) is 21.9 Å². The largest absolute Gasteiger partial charge is 0.327 e. The summed E-state index contributed by atoms with van der Waals surface area (Å²) in [5.74, 6) is 0.867. The molecule has 21 heavy (non-hydrogen) atoms. The van der Waals surface area contributed by atoms with Gasteiger partial charge >= 0.3 is 5.69 Å². The van der Waals surface area contributed by atoms with Crippen LogP contribution in [0.1, 0.15) is 19.3 Å². The second kappa shape index (κ2) is 4.46. The number of hydrogen-bond acceptors (Lipinski definition) is 3. The van der Waals surface area contributed by atoms with Crippen molar-refractivity contribution in [1.29, 1.82) is 0 Å². The number of nitrogens with two attached hydrogens (primary N) is 1. The number of benzene rings is 1. The van der Waals surface area contributed by atoms with Gasteiger partial charge in [0.15, 0.2) is 0 Å². The molecule has 1 heterocycles. The average Bonchev–Trinajstić information content (AvgIpc) is 3.10. The van der Waals surface area contributed by atoms with Gasteiger partial charge < -0.3 is 21.0 Å². The number of carbonyl (C=O) groups excluding carboxylic acids is 1. The van der Waals surface area contributed by atoms with Crippen LogP contribution >= 0.6 is 0 Å². The third kappa shape index (κ3) is 1.98. The Balaban J connectivity index is 1.56. The molecule has 110 valence electrons. The van der Waals surface area contributed by atoms with Crippen LogP contribution < -0.4 is 16.7 Å². The number of nitrogens with one attached hydrogen (secondary N) is 3. The monoisotopic (exact) mass is 286 g/mol. The van der Waals surface area contributed by atoms with E-state index < -0.39 is 0 Å². The molecule has 2 fully saturated rings. The molecule has 1 amide bonds. The van der Waals surface area contributed by atoms with E-state index in [-0.39, 0.29) is 23.6 Å². The zero-order valence-electron chi connectivity index (χ0n) is 11.6. The Morgan fingerprint density at radius 1 is 1.19 bits per heavy atom. The van der Waals surface area contributed by atoms with Crippen molar-refractivity contribution in [3.63, 3.8) is 0 Å². The summed E-state index contributed by atoms with van der Waals surface area (Å²) in [5.41, 5.74) is 8.07. The van der Waals surface area contributed by atoms with Gasteiger partial charge in [0.1, 0.15) is 0 Å². The van der Waals surface area contributed by atoms with E-state index in [0.717, 1.165) is 24.8 Å². The Morgan fingerprint density at radius 2 is 1.95 bits per heavy atom. The lowest BCUT2D eigenvalue weighted by Crippen LogP contribution is -2.42. The average molecular weight is 286 g/mol. The van der Waals surface area contributed by atoms with Crippen LogP contribution in [-0.2, 0) is 4.79 Å². The zero-order valence-corrected chi connectivity index (χ0v) is 11.6. The smallest absolute Gasteiger partial charge is 0.323 e. The Hall–Kier alpha value is -2.08. The number of H-pyrrole nitrogens is 2. The maximum Gasteiger partial charge on any atom is 0.323 e. The zero-order chi connectivity index (χ0) is 14.6. The molecule has 5 N–H and O–H groups in total. The number of amides is 1. The summed E-state index contributed by atoms with van der Waals surface area (Å²) < 4.78 is 0. The van der Waals surface area contributed by atoms with Gasteiger partial charge in [0.2, 0.25) is 5.91 Å². The quantitative estimate of drug-likeness (QED) is 0.666. The Kier molecular flexibility index (Phi) is 2.68. The molecule has 4 rings (SSSR count). The predicted octanol–water partition coefficient (Wildman–Crippen LogP) is 1.17. The summed E-state index contributed by atoms with van der Waals surface area (Å²) in [6.45, 7) is 0. The SMILES string of the molecule is NC1C2CCC(C2)C1C(=O)Nc1ccc2[nH]c(=O)[nH]c2c1. The van der Waals surface area contributed by atoms with E-state index >= 15 is 0 Å². The second-order valence-electron chi connectivity index (χ2n) is 6.27. The number of carbonyl (C=O) groups is 1. The van der Waals surface area contributed by atoms with Gasteiger partial charge in [0.25, 0.3) is 0 Å². The molecule has 4 unspecified atom stereocenters. The first-order valence-electron chi connectivity index (χ1n) is 7.40. The molecule has 6 nitrogen and oxygen atoms in total. The number of hydrogen-bond donors (Lipinski definition) is 4. The summed E-state index contributed by atoms with van der Waals surface area (Å²) in [6, 6.07) is 5.33. The van der Waals surface area contributed by atoms with Crippen molar-refractivity contribution in [3.05, 3.63) is 28.7 Å². The minimum absolute atomic E-state index is 0.00642. The first-order chi connectivity index (χ1) is 10.1. The van der Waals surface area contributed by atoms with Gasteiger partial charge in [-0.2, -0.15) is 0 Å². The van der Waals surface area contributed by atoms with E-state index in [2.05, 4.69) is 15.3 Å².